The second-order valence-electron chi connectivity index (χ2n) is 10.5. The molecule has 0 saturated carbocycles. The number of hydrogen-bond donors (Lipinski definition) is 2. The number of fused-ring (bicyclic) bond motifs is 2. The minimum absolute atomic E-state index is 0.0355. The zero-order valence-corrected chi connectivity index (χ0v) is 24.1. The van der Waals surface area contributed by atoms with Crippen LogP contribution >= 0.6 is 0 Å². The van der Waals surface area contributed by atoms with E-state index in [-0.39, 0.29) is 22.0 Å². The summed E-state index contributed by atoms with van der Waals surface area (Å²) in [7, 11) is -4.19. The summed E-state index contributed by atoms with van der Waals surface area (Å²) in [6, 6.07) is 28.8. The number of nitrogens with zero attached hydrogens (tertiary/aromatic N) is 4. The van der Waals surface area contributed by atoms with E-state index in [4.69, 9.17) is 5.73 Å². The summed E-state index contributed by atoms with van der Waals surface area (Å²) in [5.41, 5.74) is 11.8. The number of aromatic amines is 1. The van der Waals surface area contributed by atoms with Gasteiger partial charge in [-0.25, -0.2) is 22.1 Å². The summed E-state index contributed by atoms with van der Waals surface area (Å²) >= 11 is 0. The van der Waals surface area contributed by atoms with Crippen molar-refractivity contribution in [2.75, 3.05) is 5.73 Å². The highest BCUT2D eigenvalue weighted by atomic mass is 32.2. The van der Waals surface area contributed by atoms with Crippen LogP contribution in [0.5, 0.6) is 0 Å². The fourth-order valence-electron chi connectivity index (χ4n) is 5.35. The third-order valence-corrected chi connectivity index (χ3v) is 9.28. The van der Waals surface area contributed by atoms with Gasteiger partial charge in [-0.05, 0) is 67.4 Å². The van der Waals surface area contributed by atoms with Crippen LogP contribution in [0.25, 0.3) is 38.8 Å². The number of nitrogen functional groups attached to an aromatic ring is 1. The predicted molar refractivity (Wildman–Crippen MR) is 167 cm³/mol. The average Bonchev–Trinajstić information content (AvgIpc) is 3.70. The van der Waals surface area contributed by atoms with E-state index >= 15 is 0 Å². The summed E-state index contributed by atoms with van der Waals surface area (Å²) in [5, 5.41) is 4.99. The first-order chi connectivity index (χ1) is 20.7. The summed E-state index contributed by atoms with van der Waals surface area (Å²) in [5.74, 6) is 0.306. The normalized spacial score (nSPS) is 11.9. The van der Waals surface area contributed by atoms with Crippen LogP contribution in [-0.4, -0.2) is 37.9 Å². The molecule has 10 heteroatoms. The van der Waals surface area contributed by atoms with Gasteiger partial charge in [0.05, 0.1) is 38.9 Å². The van der Waals surface area contributed by atoms with Crippen LogP contribution in [0.15, 0.2) is 108 Å². The van der Waals surface area contributed by atoms with E-state index in [1.807, 2.05) is 74.5 Å². The number of carbonyl (C=O) groups excluding carboxylic acids is 1. The first-order valence-electron chi connectivity index (χ1n) is 13.6. The van der Waals surface area contributed by atoms with E-state index in [9.17, 15) is 13.2 Å². The highest BCUT2D eigenvalue weighted by molar-refractivity contribution is 7.90. The molecule has 0 aliphatic rings. The van der Waals surface area contributed by atoms with Crippen LogP contribution in [0, 0.1) is 13.8 Å². The molecule has 43 heavy (non-hydrogen) atoms. The summed E-state index contributed by atoms with van der Waals surface area (Å²) < 4.78 is 31.0. The van der Waals surface area contributed by atoms with Crippen molar-refractivity contribution >= 4 is 43.6 Å². The van der Waals surface area contributed by atoms with Gasteiger partial charge in [-0.2, -0.15) is 5.10 Å². The number of aryl methyl sites for hydroxylation is 2. The Morgan fingerprint density at radius 2 is 1.63 bits per heavy atom. The molecule has 212 valence electrons. The number of rotatable bonds is 6. The number of anilines is 1. The monoisotopic (exact) mass is 586 g/mol. The fourth-order valence-corrected chi connectivity index (χ4v) is 6.86. The Kier molecular flexibility index (Phi) is 6.03. The topological polar surface area (TPSA) is 129 Å². The van der Waals surface area contributed by atoms with E-state index < -0.39 is 15.8 Å². The summed E-state index contributed by atoms with van der Waals surface area (Å²) in [6.07, 6.45) is 1.37. The molecule has 0 aliphatic carbocycles. The van der Waals surface area contributed by atoms with E-state index in [1.165, 1.54) is 10.9 Å². The molecule has 0 atom stereocenters. The van der Waals surface area contributed by atoms with E-state index in [0.717, 1.165) is 37.5 Å². The molecule has 0 aliphatic heterocycles. The lowest BCUT2D eigenvalue weighted by molar-refractivity contribution is 0.103. The van der Waals surface area contributed by atoms with Gasteiger partial charge in [-0.3, -0.25) is 4.79 Å². The highest BCUT2D eigenvalue weighted by Crippen LogP contribution is 2.32. The van der Waals surface area contributed by atoms with Gasteiger partial charge < -0.3 is 10.7 Å². The lowest BCUT2D eigenvalue weighted by Crippen LogP contribution is -2.19. The summed E-state index contributed by atoms with van der Waals surface area (Å²) in [4.78, 5) is 21.9. The minimum Gasteiger partial charge on any atom is -0.383 e. The van der Waals surface area contributed by atoms with Crippen LogP contribution in [0.2, 0.25) is 0 Å². The Morgan fingerprint density at radius 3 is 2.40 bits per heavy atom. The zero-order valence-electron chi connectivity index (χ0n) is 23.3. The molecule has 3 N–H and O–H groups in total. The number of aromatic nitrogens is 5. The molecular weight excluding hydrogens is 560 g/mol. The number of carbonyl (C=O) groups is 1. The third kappa shape index (κ3) is 4.39. The van der Waals surface area contributed by atoms with E-state index in [1.54, 1.807) is 36.4 Å². The Balaban J connectivity index is 1.40. The maximum absolute atomic E-state index is 14.2. The minimum atomic E-state index is -4.19. The van der Waals surface area contributed by atoms with Crippen LogP contribution in [-0.2, 0) is 10.0 Å². The maximum Gasteiger partial charge on any atom is 0.268 e. The highest BCUT2D eigenvalue weighted by Gasteiger charge is 2.29. The molecule has 0 radical (unpaired) electrons. The van der Waals surface area contributed by atoms with Crippen molar-refractivity contribution in [3.8, 4) is 16.8 Å². The van der Waals surface area contributed by atoms with Crippen molar-refractivity contribution in [2.45, 2.75) is 18.7 Å². The largest absolute Gasteiger partial charge is 0.383 e. The lowest BCUT2D eigenvalue weighted by Gasteiger charge is -2.13. The van der Waals surface area contributed by atoms with Gasteiger partial charge in [0.15, 0.2) is 0 Å². The van der Waals surface area contributed by atoms with Crippen molar-refractivity contribution in [2.24, 2.45) is 0 Å². The van der Waals surface area contributed by atoms with Crippen molar-refractivity contribution in [3.05, 3.63) is 126 Å². The van der Waals surface area contributed by atoms with Gasteiger partial charge in [-0.1, -0.05) is 60.2 Å². The molecule has 4 aromatic carbocycles. The standard InChI is InChI=1S/C33H26N6O3S/c1-20-8-13-26(14-9-20)43(41,42)39-30-16-23(22-6-4-3-5-7-22)10-11-24(30)17-31(39)32(40)27-19-35-38(33(27)34)25-12-15-28-29(18-25)37-21(2)36-28/h3-19H,34H2,1-2H3,(H,36,37). The van der Waals surface area contributed by atoms with Gasteiger partial charge in [0.25, 0.3) is 10.0 Å². The molecule has 0 bridgehead atoms. The first kappa shape index (κ1) is 26.4. The number of nitrogens with one attached hydrogen (secondary N) is 1. The molecule has 9 nitrogen and oxygen atoms in total. The zero-order chi connectivity index (χ0) is 29.9. The fraction of sp³-hybridized carbons (Fsp3) is 0.0606. The molecule has 7 aromatic rings. The molecule has 0 saturated heterocycles. The number of ketones is 1. The molecule has 0 spiro atoms. The first-order valence-corrected chi connectivity index (χ1v) is 15.0. The quantitative estimate of drug-likeness (QED) is 0.229. The Bertz CT molecular complexity index is 2300. The van der Waals surface area contributed by atoms with Crippen LogP contribution < -0.4 is 5.73 Å². The molecule has 0 amide bonds. The SMILES string of the molecule is Cc1ccc(S(=O)(=O)n2c(C(=O)c3cnn(-c4ccc5nc(C)[nH]c5c4)c3N)cc3ccc(-c4ccccc4)cc32)cc1. The molecule has 0 unspecified atom stereocenters. The van der Waals surface area contributed by atoms with Crippen LogP contribution in [0.3, 0.4) is 0 Å². The number of benzene rings is 4. The Labute approximate surface area is 247 Å². The number of imidazole rings is 1. The molecule has 7 rings (SSSR count). The van der Waals surface area contributed by atoms with Crippen molar-refractivity contribution in [1.82, 2.24) is 23.7 Å². The second-order valence-corrected chi connectivity index (χ2v) is 12.2. The maximum atomic E-state index is 14.2. The molecular formula is C33H26N6O3S. The molecule has 0 fully saturated rings. The molecule has 3 heterocycles. The lowest BCUT2D eigenvalue weighted by atomic mass is 10.0. The van der Waals surface area contributed by atoms with Crippen molar-refractivity contribution < 1.29 is 13.2 Å². The van der Waals surface area contributed by atoms with E-state index in [2.05, 4.69) is 15.1 Å². The van der Waals surface area contributed by atoms with Gasteiger partial charge in [0, 0.05) is 5.39 Å². The smallest absolute Gasteiger partial charge is 0.268 e. The molecule has 3 aromatic heterocycles. The number of H-pyrrole nitrogens is 1. The number of hydrogen-bond acceptors (Lipinski definition) is 6. The Morgan fingerprint density at radius 1 is 0.860 bits per heavy atom. The predicted octanol–water partition coefficient (Wildman–Crippen LogP) is 6.04. The van der Waals surface area contributed by atoms with Gasteiger partial charge in [-0.15, -0.1) is 0 Å². The average molecular weight is 587 g/mol. The second kappa shape index (κ2) is 9.81. The van der Waals surface area contributed by atoms with Crippen LogP contribution in [0.1, 0.15) is 27.4 Å². The third-order valence-electron chi connectivity index (χ3n) is 7.54. The van der Waals surface area contributed by atoms with E-state index in [0.29, 0.717) is 16.6 Å². The summed E-state index contributed by atoms with van der Waals surface area (Å²) in [6.45, 7) is 3.75. The van der Waals surface area contributed by atoms with Gasteiger partial charge in [0.1, 0.15) is 17.3 Å². The van der Waals surface area contributed by atoms with Gasteiger partial charge >= 0.3 is 0 Å². The Hall–Kier alpha value is -5.48. The van der Waals surface area contributed by atoms with Crippen molar-refractivity contribution in [1.29, 1.82) is 0 Å². The van der Waals surface area contributed by atoms with Crippen LogP contribution in [0.4, 0.5) is 5.82 Å². The van der Waals surface area contributed by atoms with Gasteiger partial charge in [0.2, 0.25) is 5.78 Å². The van der Waals surface area contributed by atoms with Crippen molar-refractivity contribution in [3.63, 3.8) is 0 Å². The number of nitrogens with two attached hydrogens (primary N) is 1.